The third-order valence-corrected chi connectivity index (χ3v) is 5.97. The van der Waals surface area contributed by atoms with Crippen molar-refractivity contribution in [3.05, 3.63) is 51.4 Å². The Kier molecular flexibility index (Phi) is 7.32. The molecule has 8 nitrogen and oxygen atoms in total. The van der Waals surface area contributed by atoms with Crippen molar-refractivity contribution in [1.29, 1.82) is 0 Å². The largest absolute Gasteiger partial charge is 0.496 e. The number of benzene rings is 2. The molecule has 0 spiro atoms. The summed E-state index contributed by atoms with van der Waals surface area (Å²) < 4.78 is 15.9. The summed E-state index contributed by atoms with van der Waals surface area (Å²) in [5, 5.41) is 2.60. The predicted molar refractivity (Wildman–Crippen MR) is 124 cm³/mol. The number of carbonyl (C=O) groups is 3. The summed E-state index contributed by atoms with van der Waals surface area (Å²) in [6.45, 7) is 1.42. The lowest BCUT2D eigenvalue weighted by atomic mass is 10.1. The molecule has 32 heavy (non-hydrogen) atoms. The molecule has 3 amide bonds. The number of hydrogen-bond acceptors (Lipinski definition) is 7. The van der Waals surface area contributed by atoms with Gasteiger partial charge >= 0.3 is 0 Å². The molecule has 3 rings (SSSR count). The summed E-state index contributed by atoms with van der Waals surface area (Å²) >= 11 is 6.81. The quantitative estimate of drug-likeness (QED) is 0.593. The van der Waals surface area contributed by atoms with Crippen molar-refractivity contribution in [3.63, 3.8) is 0 Å². The van der Waals surface area contributed by atoms with Crippen molar-refractivity contribution >= 4 is 52.2 Å². The fraction of sp³-hybridized carbons (Fsp3) is 0.227. The molecule has 1 saturated heterocycles. The van der Waals surface area contributed by atoms with Gasteiger partial charge in [0.05, 0.1) is 26.2 Å². The number of thioether (sulfide) groups is 1. The van der Waals surface area contributed by atoms with Crippen LogP contribution in [0.1, 0.15) is 11.1 Å². The fourth-order valence-electron chi connectivity index (χ4n) is 2.96. The van der Waals surface area contributed by atoms with Crippen molar-refractivity contribution in [2.24, 2.45) is 0 Å². The minimum absolute atomic E-state index is 0.159. The Hall–Kier alpha value is -3.17. The lowest BCUT2D eigenvalue weighted by Gasteiger charge is -2.13. The van der Waals surface area contributed by atoms with Crippen molar-refractivity contribution in [3.8, 4) is 17.2 Å². The summed E-state index contributed by atoms with van der Waals surface area (Å²) in [4.78, 5) is 38.6. The molecule has 1 N–H and O–H groups in total. The van der Waals surface area contributed by atoms with E-state index >= 15 is 0 Å². The van der Waals surface area contributed by atoms with Crippen LogP contribution in [-0.4, -0.2) is 49.8 Å². The molecule has 2 aromatic rings. The maximum absolute atomic E-state index is 12.8. The average Bonchev–Trinajstić information content (AvgIpc) is 3.03. The Labute approximate surface area is 194 Å². The smallest absolute Gasteiger partial charge is 0.294 e. The molecule has 1 aliphatic rings. The van der Waals surface area contributed by atoms with Crippen LogP contribution in [0.4, 0.5) is 10.5 Å². The molecule has 1 heterocycles. The van der Waals surface area contributed by atoms with Gasteiger partial charge < -0.3 is 19.5 Å². The Morgan fingerprint density at radius 1 is 1.06 bits per heavy atom. The molecular weight excluding hydrogens is 456 g/mol. The number of imide groups is 1. The number of nitrogens with one attached hydrogen (secondary N) is 1. The van der Waals surface area contributed by atoms with Gasteiger partial charge in [-0.05, 0) is 48.5 Å². The minimum atomic E-state index is -0.575. The first-order valence-corrected chi connectivity index (χ1v) is 10.6. The molecule has 1 aliphatic heterocycles. The number of anilines is 1. The molecule has 0 aromatic heterocycles. The summed E-state index contributed by atoms with van der Waals surface area (Å²) in [6, 6.07) is 8.31. The molecule has 168 valence electrons. The minimum Gasteiger partial charge on any atom is -0.496 e. The van der Waals surface area contributed by atoms with Gasteiger partial charge in [0, 0.05) is 22.3 Å². The summed E-state index contributed by atoms with van der Waals surface area (Å²) in [7, 11) is 4.46. The average molecular weight is 477 g/mol. The van der Waals surface area contributed by atoms with Gasteiger partial charge in [0.1, 0.15) is 12.3 Å². The number of aryl methyl sites for hydroxylation is 1. The van der Waals surface area contributed by atoms with Gasteiger partial charge in [-0.3, -0.25) is 19.3 Å². The highest BCUT2D eigenvalue weighted by Crippen LogP contribution is 2.38. The maximum Gasteiger partial charge on any atom is 0.294 e. The van der Waals surface area contributed by atoms with Crippen LogP contribution in [-0.2, 0) is 9.59 Å². The van der Waals surface area contributed by atoms with E-state index in [4.69, 9.17) is 25.8 Å². The van der Waals surface area contributed by atoms with Crippen LogP contribution in [0.15, 0.2) is 35.2 Å². The summed E-state index contributed by atoms with van der Waals surface area (Å²) in [6.07, 6.45) is 1.52. The van der Waals surface area contributed by atoms with Crippen LogP contribution >= 0.6 is 23.4 Å². The molecule has 0 radical (unpaired) electrons. The van der Waals surface area contributed by atoms with E-state index < -0.39 is 23.6 Å². The second kappa shape index (κ2) is 9.97. The molecule has 10 heteroatoms. The monoisotopic (exact) mass is 476 g/mol. The lowest BCUT2D eigenvalue weighted by Crippen LogP contribution is -2.36. The molecule has 0 unspecified atom stereocenters. The highest BCUT2D eigenvalue weighted by Gasteiger charge is 2.36. The van der Waals surface area contributed by atoms with Gasteiger partial charge in [0.2, 0.25) is 5.91 Å². The standard InChI is InChI=1S/C22H21ClN2O6S/c1-12-5-6-14(9-15(12)23)24-20(26)11-25-21(27)19(32-22(25)28)8-13-7-17(30-3)18(31-4)10-16(13)29-2/h5-10H,11H2,1-4H3,(H,24,26). The molecule has 1 fully saturated rings. The third kappa shape index (κ3) is 5.00. The highest BCUT2D eigenvalue weighted by molar-refractivity contribution is 8.18. The van der Waals surface area contributed by atoms with E-state index in [1.165, 1.54) is 27.4 Å². The first-order chi connectivity index (χ1) is 15.3. The van der Waals surface area contributed by atoms with Crippen LogP contribution in [0.25, 0.3) is 6.08 Å². The molecule has 0 bridgehead atoms. The first kappa shape index (κ1) is 23.5. The number of halogens is 1. The number of carbonyl (C=O) groups excluding carboxylic acids is 3. The van der Waals surface area contributed by atoms with Gasteiger partial charge in [-0.15, -0.1) is 0 Å². The molecule has 0 atom stereocenters. The van der Waals surface area contributed by atoms with E-state index in [1.807, 2.05) is 6.92 Å². The van der Waals surface area contributed by atoms with E-state index in [0.717, 1.165) is 22.2 Å². The Morgan fingerprint density at radius 3 is 2.34 bits per heavy atom. The Morgan fingerprint density at radius 2 is 1.72 bits per heavy atom. The van der Waals surface area contributed by atoms with Crippen LogP contribution in [0.5, 0.6) is 17.2 Å². The SMILES string of the molecule is COc1cc(OC)c(OC)cc1C=C1SC(=O)N(CC(=O)Nc2ccc(C)c(Cl)c2)C1=O. The topological polar surface area (TPSA) is 94.2 Å². The van der Waals surface area contributed by atoms with E-state index in [0.29, 0.717) is 33.5 Å². The van der Waals surface area contributed by atoms with E-state index in [-0.39, 0.29) is 4.91 Å². The van der Waals surface area contributed by atoms with Crippen LogP contribution in [0.2, 0.25) is 5.02 Å². The van der Waals surface area contributed by atoms with Gasteiger partial charge in [0.25, 0.3) is 11.1 Å². The number of nitrogens with zero attached hydrogens (tertiary/aromatic N) is 1. The molecule has 0 aliphatic carbocycles. The number of ether oxygens (including phenoxy) is 3. The number of rotatable bonds is 7. The van der Waals surface area contributed by atoms with Crippen molar-refractivity contribution in [2.75, 3.05) is 33.2 Å². The van der Waals surface area contributed by atoms with Crippen molar-refractivity contribution in [1.82, 2.24) is 4.90 Å². The van der Waals surface area contributed by atoms with E-state index in [1.54, 1.807) is 30.3 Å². The number of methoxy groups -OCH3 is 3. The molecular formula is C22H21ClN2O6S. The summed E-state index contributed by atoms with van der Waals surface area (Å²) in [5.74, 6) is 0.243. The lowest BCUT2D eigenvalue weighted by molar-refractivity contribution is -0.127. The first-order valence-electron chi connectivity index (χ1n) is 9.38. The molecule has 0 saturated carbocycles. The summed E-state index contributed by atoms with van der Waals surface area (Å²) in [5.41, 5.74) is 1.86. The van der Waals surface area contributed by atoms with Gasteiger partial charge in [-0.1, -0.05) is 17.7 Å². The van der Waals surface area contributed by atoms with E-state index in [2.05, 4.69) is 5.32 Å². The maximum atomic E-state index is 12.8. The van der Waals surface area contributed by atoms with Crippen LogP contribution in [0.3, 0.4) is 0 Å². The Bertz CT molecular complexity index is 1120. The van der Waals surface area contributed by atoms with Gasteiger partial charge in [-0.2, -0.15) is 0 Å². The van der Waals surface area contributed by atoms with Crippen molar-refractivity contribution in [2.45, 2.75) is 6.92 Å². The van der Waals surface area contributed by atoms with Crippen LogP contribution < -0.4 is 19.5 Å². The predicted octanol–water partition coefficient (Wildman–Crippen LogP) is 4.35. The molecule has 2 aromatic carbocycles. The van der Waals surface area contributed by atoms with Crippen LogP contribution in [0, 0.1) is 6.92 Å². The zero-order valence-electron chi connectivity index (χ0n) is 17.9. The highest BCUT2D eigenvalue weighted by atomic mass is 35.5. The zero-order chi connectivity index (χ0) is 23.4. The van der Waals surface area contributed by atoms with Gasteiger partial charge in [0.15, 0.2) is 11.5 Å². The normalized spacial score (nSPS) is 14.7. The Balaban J connectivity index is 1.79. The third-order valence-electron chi connectivity index (χ3n) is 4.65. The number of hydrogen-bond donors (Lipinski definition) is 1. The van der Waals surface area contributed by atoms with Crippen molar-refractivity contribution < 1.29 is 28.6 Å². The van der Waals surface area contributed by atoms with Gasteiger partial charge in [-0.25, -0.2) is 0 Å². The van der Waals surface area contributed by atoms with E-state index in [9.17, 15) is 14.4 Å². The number of amides is 3. The fourth-order valence-corrected chi connectivity index (χ4v) is 3.97. The second-order valence-electron chi connectivity index (χ2n) is 6.73. The second-order valence-corrected chi connectivity index (χ2v) is 8.13. The zero-order valence-corrected chi connectivity index (χ0v) is 19.4.